The van der Waals surface area contributed by atoms with Gasteiger partial charge in [0.25, 0.3) is 5.91 Å². The molecule has 0 unspecified atom stereocenters. The normalized spacial score (nSPS) is 12.8. The van der Waals surface area contributed by atoms with Crippen molar-refractivity contribution in [1.82, 2.24) is 20.4 Å². The van der Waals surface area contributed by atoms with Crippen LogP contribution in [-0.4, -0.2) is 33.9 Å². The molecule has 120 valence electrons. The van der Waals surface area contributed by atoms with Crippen LogP contribution in [0.4, 0.5) is 0 Å². The van der Waals surface area contributed by atoms with Crippen molar-refractivity contribution in [2.24, 2.45) is 5.10 Å². The van der Waals surface area contributed by atoms with Crippen molar-refractivity contribution in [3.8, 4) is 11.5 Å². The summed E-state index contributed by atoms with van der Waals surface area (Å²) < 4.78 is 12.1. The number of fused-ring (bicyclic) bond motifs is 2. The van der Waals surface area contributed by atoms with Crippen LogP contribution in [0.15, 0.2) is 47.6 Å². The zero-order valence-electron chi connectivity index (χ0n) is 12.5. The molecule has 1 amide bonds. The number of hydrogen-bond donors (Lipinski definition) is 1. The molecule has 1 N–H and O–H groups in total. The first kappa shape index (κ1) is 14.2. The molecule has 3 aromatic rings. The van der Waals surface area contributed by atoms with Crippen LogP contribution in [0.2, 0.25) is 0 Å². The van der Waals surface area contributed by atoms with Gasteiger partial charge in [0.2, 0.25) is 6.79 Å². The molecule has 0 radical (unpaired) electrons. The Labute approximate surface area is 136 Å². The number of hydrazone groups is 1. The fourth-order valence-corrected chi connectivity index (χ4v) is 2.38. The SMILES string of the molecule is O=C(Cn1nnc2ccccc21)NN=Cc1ccc2c(c1)OCO2. The number of nitrogens with zero attached hydrogens (tertiary/aromatic N) is 4. The van der Waals surface area contributed by atoms with E-state index < -0.39 is 0 Å². The summed E-state index contributed by atoms with van der Waals surface area (Å²) in [6.07, 6.45) is 1.54. The van der Waals surface area contributed by atoms with Gasteiger partial charge in [0.15, 0.2) is 11.5 Å². The van der Waals surface area contributed by atoms with Crippen molar-refractivity contribution in [3.63, 3.8) is 0 Å². The Kier molecular flexibility index (Phi) is 3.54. The molecule has 8 nitrogen and oxygen atoms in total. The van der Waals surface area contributed by atoms with Gasteiger partial charge in [-0.2, -0.15) is 5.10 Å². The molecule has 2 aromatic carbocycles. The maximum atomic E-state index is 12.0. The largest absolute Gasteiger partial charge is 0.454 e. The van der Waals surface area contributed by atoms with E-state index in [1.165, 1.54) is 4.68 Å². The lowest BCUT2D eigenvalue weighted by molar-refractivity contribution is -0.121. The maximum absolute atomic E-state index is 12.0. The molecular formula is C16H13N5O3. The van der Waals surface area contributed by atoms with Gasteiger partial charge >= 0.3 is 0 Å². The number of rotatable bonds is 4. The first-order valence-corrected chi connectivity index (χ1v) is 7.29. The summed E-state index contributed by atoms with van der Waals surface area (Å²) in [6.45, 7) is 0.261. The average Bonchev–Trinajstić information content (AvgIpc) is 3.22. The summed E-state index contributed by atoms with van der Waals surface area (Å²) in [6, 6.07) is 12.9. The van der Waals surface area contributed by atoms with Gasteiger partial charge < -0.3 is 9.47 Å². The molecule has 0 saturated heterocycles. The number of ether oxygens (including phenoxy) is 2. The summed E-state index contributed by atoms with van der Waals surface area (Å²) in [7, 11) is 0. The van der Waals surface area contributed by atoms with Crippen molar-refractivity contribution < 1.29 is 14.3 Å². The number of benzene rings is 2. The standard InChI is InChI=1S/C16H13N5O3/c22-16(9-21-13-4-2-1-3-12(13)18-20-21)19-17-8-11-5-6-14-15(7-11)24-10-23-14/h1-8H,9-10H2,(H,19,22). The van der Waals surface area contributed by atoms with Crippen molar-refractivity contribution >= 4 is 23.2 Å². The smallest absolute Gasteiger partial charge is 0.261 e. The zero-order valence-corrected chi connectivity index (χ0v) is 12.5. The van der Waals surface area contributed by atoms with E-state index in [2.05, 4.69) is 20.8 Å². The van der Waals surface area contributed by atoms with Gasteiger partial charge in [-0.25, -0.2) is 10.1 Å². The number of carbonyl (C=O) groups excluding carboxylic acids is 1. The minimum Gasteiger partial charge on any atom is -0.454 e. The van der Waals surface area contributed by atoms with Gasteiger partial charge in [-0.1, -0.05) is 17.3 Å². The van der Waals surface area contributed by atoms with Crippen LogP contribution in [0, 0.1) is 0 Å². The van der Waals surface area contributed by atoms with Crippen molar-refractivity contribution in [2.75, 3.05) is 6.79 Å². The summed E-state index contributed by atoms with van der Waals surface area (Å²) in [5.41, 5.74) is 4.81. The summed E-state index contributed by atoms with van der Waals surface area (Å²) in [5.74, 6) is 1.08. The molecule has 0 bridgehead atoms. The Morgan fingerprint density at radius 3 is 3.08 bits per heavy atom. The molecule has 1 aliphatic rings. The number of nitrogens with one attached hydrogen (secondary N) is 1. The van der Waals surface area contributed by atoms with Crippen molar-refractivity contribution in [3.05, 3.63) is 48.0 Å². The van der Waals surface area contributed by atoms with Crippen LogP contribution in [0.25, 0.3) is 11.0 Å². The lowest BCUT2D eigenvalue weighted by atomic mass is 10.2. The Morgan fingerprint density at radius 2 is 2.12 bits per heavy atom. The minimum atomic E-state index is -0.289. The van der Waals surface area contributed by atoms with Gasteiger partial charge in [0.1, 0.15) is 12.1 Å². The molecular weight excluding hydrogens is 310 g/mol. The Bertz CT molecular complexity index is 934. The number of carbonyl (C=O) groups is 1. The second-order valence-electron chi connectivity index (χ2n) is 5.14. The highest BCUT2D eigenvalue weighted by Gasteiger charge is 2.12. The fourth-order valence-electron chi connectivity index (χ4n) is 2.38. The topological polar surface area (TPSA) is 90.6 Å². The number of para-hydroxylation sites is 1. The highest BCUT2D eigenvalue weighted by atomic mass is 16.7. The second kappa shape index (κ2) is 5.99. The molecule has 1 aliphatic heterocycles. The highest BCUT2D eigenvalue weighted by Crippen LogP contribution is 2.31. The van der Waals surface area contributed by atoms with Crippen LogP contribution >= 0.6 is 0 Å². The molecule has 0 spiro atoms. The van der Waals surface area contributed by atoms with Gasteiger partial charge in [0.05, 0.1) is 11.7 Å². The third-order valence-corrected chi connectivity index (χ3v) is 3.51. The highest BCUT2D eigenvalue weighted by molar-refractivity contribution is 5.84. The molecule has 0 atom stereocenters. The molecule has 0 aliphatic carbocycles. The van der Waals surface area contributed by atoms with E-state index in [1.54, 1.807) is 18.3 Å². The van der Waals surface area contributed by atoms with E-state index >= 15 is 0 Å². The van der Waals surface area contributed by atoms with Crippen molar-refractivity contribution in [2.45, 2.75) is 6.54 Å². The van der Waals surface area contributed by atoms with Crippen LogP contribution in [0.3, 0.4) is 0 Å². The Hall–Kier alpha value is -3.42. The van der Waals surface area contributed by atoms with Gasteiger partial charge in [0, 0.05) is 0 Å². The van der Waals surface area contributed by atoms with Gasteiger partial charge in [-0.15, -0.1) is 5.10 Å². The van der Waals surface area contributed by atoms with E-state index in [9.17, 15) is 4.79 Å². The Morgan fingerprint density at radius 1 is 1.25 bits per heavy atom. The molecule has 8 heteroatoms. The molecule has 4 rings (SSSR count). The van der Waals surface area contributed by atoms with Crippen LogP contribution in [0.1, 0.15) is 5.56 Å². The maximum Gasteiger partial charge on any atom is 0.261 e. The average molecular weight is 323 g/mol. The predicted molar refractivity (Wildman–Crippen MR) is 85.8 cm³/mol. The van der Waals surface area contributed by atoms with E-state index in [1.807, 2.05) is 30.3 Å². The van der Waals surface area contributed by atoms with Crippen molar-refractivity contribution in [1.29, 1.82) is 0 Å². The van der Waals surface area contributed by atoms with E-state index in [4.69, 9.17) is 9.47 Å². The summed E-state index contributed by atoms with van der Waals surface area (Å²) in [4.78, 5) is 12.0. The van der Waals surface area contributed by atoms with Crippen LogP contribution in [-0.2, 0) is 11.3 Å². The number of hydrogen-bond acceptors (Lipinski definition) is 6. The van der Waals surface area contributed by atoms with E-state index in [0.717, 1.165) is 16.6 Å². The molecule has 0 saturated carbocycles. The molecule has 1 aromatic heterocycles. The fraction of sp³-hybridized carbons (Fsp3) is 0.125. The first-order valence-electron chi connectivity index (χ1n) is 7.29. The van der Waals surface area contributed by atoms with Crippen LogP contribution in [0.5, 0.6) is 11.5 Å². The Balaban J connectivity index is 1.39. The molecule has 2 heterocycles. The number of amides is 1. The lowest BCUT2D eigenvalue weighted by Gasteiger charge is -2.01. The monoisotopic (exact) mass is 323 g/mol. The quantitative estimate of drug-likeness (QED) is 0.577. The first-order chi connectivity index (χ1) is 11.8. The van der Waals surface area contributed by atoms with Gasteiger partial charge in [-0.3, -0.25) is 4.79 Å². The van der Waals surface area contributed by atoms with E-state index in [0.29, 0.717) is 11.5 Å². The summed E-state index contributed by atoms with van der Waals surface area (Å²) >= 11 is 0. The number of aromatic nitrogens is 3. The third kappa shape index (κ3) is 2.76. The second-order valence-corrected chi connectivity index (χ2v) is 5.14. The lowest BCUT2D eigenvalue weighted by Crippen LogP contribution is -2.23. The summed E-state index contributed by atoms with van der Waals surface area (Å²) in [5, 5.41) is 11.9. The molecule has 24 heavy (non-hydrogen) atoms. The minimum absolute atomic E-state index is 0.0407. The van der Waals surface area contributed by atoms with Crippen LogP contribution < -0.4 is 14.9 Å². The third-order valence-electron chi connectivity index (χ3n) is 3.51. The predicted octanol–water partition coefficient (Wildman–Crippen LogP) is 1.31. The van der Waals surface area contributed by atoms with E-state index in [-0.39, 0.29) is 19.2 Å². The zero-order chi connectivity index (χ0) is 16.4. The van der Waals surface area contributed by atoms with Gasteiger partial charge in [-0.05, 0) is 35.9 Å². The molecule has 0 fully saturated rings.